The fourth-order valence-corrected chi connectivity index (χ4v) is 8.66. The van der Waals surface area contributed by atoms with Crippen LogP contribution in [0.15, 0.2) is 24.3 Å². The number of methoxy groups -OCH3 is 1. The van der Waals surface area contributed by atoms with Gasteiger partial charge in [-0.1, -0.05) is 52.9 Å². The van der Waals surface area contributed by atoms with E-state index in [9.17, 15) is 9.59 Å². The zero-order chi connectivity index (χ0) is 36.2. The summed E-state index contributed by atoms with van der Waals surface area (Å²) in [7, 11) is 1.25. The van der Waals surface area contributed by atoms with Gasteiger partial charge in [-0.25, -0.2) is 22.9 Å². The number of H-pyrrole nitrogens is 1. The Morgan fingerprint density at radius 1 is 0.941 bits per heavy atom. The summed E-state index contributed by atoms with van der Waals surface area (Å²) in [6, 6.07) is 4.72. The fourth-order valence-electron chi connectivity index (χ4n) is 8.66. The highest BCUT2D eigenvalue weighted by Gasteiger charge is 2.34. The van der Waals surface area contributed by atoms with Crippen molar-refractivity contribution in [2.24, 2.45) is 17.8 Å². The molecule has 2 aliphatic heterocycles. The molecule has 12 heteroatoms. The van der Waals surface area contributed by atoms with E-state index in [4.69, 9.17) is 9.72 Å². The molecule has 2 aromatic carbocycles. The van der Waals surface area contributed by atoms with Crippen LogP contribution >= 0.6 is 0 Å². The molecule has 2 atom stereocenters. The Morgan fingerprint density at radius 3 is 2.27 bits per heavy atom. The number of nitrogens with zero attached hydrogens (tertiary/aromatic N) is 4. The summed E-state index contributed by atoms with van der Waals surface area (Å²) in [6.45, 7) is 8.08. The first kappa shape index (κ1) is 36.8. The number of nitrogens with one attached hydrogen (secondary N) is 2. The minimum absolute atomic E-state index is 0.0460. The second kappa shape index (κ2) is 16.2. The number of hydrogen-bond donors (Lipinski definition) is 2. The highest BCUT2D eigenvalue weighted by Crippen LogP contribution is 2.42. The van der Waals surface area contributed by atoms with Crippen LogP contribution in [-0.4, -0.2) is 66.2 Å². The van der Waals surface area contributed by atoms with Crippen LogP contribution in [0.2, 0.25) is 0 Å². The van der Waals surface area contributed by atoms with E-state index in [-0.39, 0.29) is 24.1 Å². The first-order valence-corrected chi connectivity index (χ1v) is 18.9. The third kappa shape index (κ3) is 8.09. The van der Waals surface area contributed by atoms with E-state index in [1.165, 1.54) is 57.4 Å². The van der Waals surface area contributed by atoms with Gasteiger partial charge in [0.1, 0.15) is 23.4 Å². The number of amides is 2. The fraction of sp³-hybridized carbons (Fsp3) is 0.615. The molecule has 3 heterocycles. The van der Waals surface area contributed by atoms with Crippen molar-refractivity contribution in [1.29, 1.82) is 0 Å². The maximum atomic E-state index is 15.8. The molecular weight excluding hydrogens is 657 g/mol. The summed E-state index contributed by atoms with van der Waals surface area (Å²) < 4.78 is 52.1. The van der Waals surface area contributed by atoms with Gasteiger partial charge in [-0.2, -0.15) is 0 Å². The first-order valence-electron chi connectivity index (χ1n) is 18.9. The summed E-state index contributed by atoms with van der Waals surface area (Å²) in [5.74, 6) is -0.164. The Balaban J connectivity index is 1.18. The standard InChI is InChI=1S/C39H53F3N6O3/c1-5-15-47(38(49)36(24(2)3)45-39(50)51-4)23-35-43-32-21-28(29(40)22-33(32)44-35)34-12-9-16-48(34)27-19-30(41)37(31(42)20-27)46-17-13-26(14-18-46)25-10-7-6-8-11-25/h19-22,24-26,34,36H,5-18,23H2,1-4H3,(H,43,44)(H,45,50)/t34-,36?/m1/s1. The third-order valence-electron chi connectivity index (χ3n) is 11.3. The number of aromatic amines is 1. The number of imidazole rings is 1. The molecule has 1 aliphatic carbocycles. The molecule has 0 spiro atoms. The monoisotopic (exact) mass is 710 g/mol. The number of rotatable bonds is 11. The molecule has 1 aromatic heterocycles. The molecule has 1 unspecified atom stereocenters. The van der Waals surface area contributed by atoms with Crippen molar-refractivity contribution in [3.63, 3.8) is 0 Å². The zero-order valence-corrected chi connectivity index (χ0v) is 30.5. The molecule has 2 saturated heterocycles. The Bertz CT molecular complexity index is 1660. The van der Waals surface area contributed by atoms with Crippen molar-refractivity contribution < 1.29 is 27.5 Å². The van der Waals surface area contributed by atoms with E-state index in [1.807, 2.05) is 30.6 Å². The lowest BCUT2D eigenvalue weighted by molar-refractivity contribution is -0.135. The molecule has 9 nitrogen and oxygen atoms in total. The Morgan fingerprint density at radius 2 is 1.63 bits per heavy atom. The van der Waals surface area contributed by atoms with Gasteiger partial charge in [0.15, 0.2) is 11.6 Å². The number of carbonyl (C=O) groups excluding carboxylic acids is 2. The van der Waals surface area contributed by atoms with Gasteiger partial charge in [-0.05, 0) is 74.1 Å². The van der Waals surface area contributed by atoms with Gasteiger partial charge in [0.25, 0.3) is 0 Å². The maximum absolute atomic E-state index is 15.8. The van der Waals surface area contributed by atoms with E-state index in [0.29, 0.717) is 73.0 Å². The van der Waals surface area contributed by atoms with Crippen LogP contribution in [-0.2, 0) is 16.1 Å². The van der Waals surface area contributed by atoms with Gasteiger partial charge in [0.2, 0.25) is 5.91 Å². The van der Waals surface area contributed by atoms with Crippen molar-refractivity contribution in [2.75, 3.05) is 43.1 Å². The predicted octanol–water partition coefficient (Wildman–Crippen LogP) is 8.24. The molecule has 6 rings (SSSR count). The van der Waals surface area contributed by atoms with Crippen LogP contribution in [0.25, 0.3) is 11.0 Å². The van der Waals surface area contributed by atoms with Gasteiger partial charge in [0, 0.05) is 37.4 Å². The van der Waals surface area contributed by atoms with Crippen molar-refractivity contribution in [3.8, 4) is 0 Å². The van der Waals surface area contributed by atoms with Gasteiger partial charge in [-0.3, -0.25) is 4.79 Å². The Hall–Kier alpha value is -3.96. The number of halogens is 3. The summed E-state index contributed by atoms with van der Waals surface area (Å²) in [5.41, 5.74) is 1.89. The van der Waals surface area contributed by atoms with E-state index < -0.39 is 35.6 Å². The number of aromatic nitrogens is 2. The smallest absolute Gasteiger partial charge is 0.407 e. The highest BCUT2D eigenvalue weighted by atomic mass is 19.1. The lowest BCUT2D eigenvalue weighted by Gasteiger charge is -2.39. The van der Waals surface area contributed by atoms with Crippen molar-refractivity contribution in [1.82, 2.24) is 20.2 Å². The van der Waals surface area contributed by atoms with Gasteiger partial charge < -0.3 is 29.7 Å². The van der Waals surface area contributed by atoms with Crippen LogP contribution in [0.5, 0.6) is 0 Å². The van der Waals surface area contributed by atoms with E-state index in [1.54, 1.807) is 11.0 Å². The number of carbonyl (C=O) groups is 2. The van der Waals surface area contributed by atoms with Crippen molar-refractivity contribution in [3.05, 3.63) is 53.1 Å². The lowest BCUT2D eigenvalue weighted by atomic mass is 9.76. The maximum Gasteiger partial charge on any atom is 0.407 e. The molecule has 0 radical (unpaired) electrons. The highest BCUT2D eigenvalue weighted by molar-refractivity contribution is 5.86. The minimum atomic E-state index is -0.784. The van der Waals surface area contributed by atoms with Crippen molar-refractivity contribution >= 4 is 34.4 Å². The number of benzene rings is 2. The van der Waals surface area contributed by atoms with E-state index in [0.717, 1.165) is 25.2 Å². The van der Waals surface area contributed by atoms with Crippen molar-refractivity contribution in [2.45, 2.75) is 104 Å². The molecule has 2 amide bonds. The van der Waals surface area contributed by atoms with Crippen LogP contribution in [0.4, 0.5) is 29.3 Å². The van der Waals surface area contributed by atoms with Gasteiger partial charge in [-0.15, -0.1) is 0 Å². The first-order chi connectivity index (χ1) is 24.6. The van der Waals surface area contributed by atoms with E-state index in [2.05, 4.69) is 10.3 Å². The number of alkyl carbamates (subject to hydrolysis) is 1. The van der Waals surface area contributed by atoms with Crippen LogP contribution in [0.1, 0.15) is 102 Å². The Labute approximate surface area is 299 Å². The normalized spacial score (nSPS) is 19.6. The molecule has 51 heavy (non-hydrogen) atoms. The predicted molar refractivity (Wildman–Crippen MR) is 193 cm³/mol. The average Bonchev–Trinajstić information content (AvgIpc) is 3.76. The summed E-state index contributed by atoms with van der Waals surface area (Å²) in [6.07, 6.45) is 9.79. The molecular formula is C39H53F3N6O3. The second-order valence-corrected chi connectivity index (χ2v) is 15.0. The zero-order valence-electron chi connectivity index (χ0n) is 30.5. The molecule has 3 aliphatic rings. The summed E-state index contributed by atoms with van der Waals surface area (Å²) in [4.78, 5) is 38.7. The summed E-state index contributed by atoms with van der Waals surface area (Å²) in [5, 5.41) is 2.63. The Kier molecular flexibility index (Phi) is 11.7. The van der Waals surface area contributed by atoms with Crippen LogP contribution < -0.4 is 15.1 Å². The van der Waals surface area contributed by atoms with Crippen LogP contribution in [0.3, 0.4) is 0 Å². The minimum Gasteiger partial charge on any atom is -0.453 e. The lowest BCUT2D eigenvalue weighted by Crippen LogP contribution is -2.51. The number of anilines is 2. The van der Waals surface area contributed by atoms with Gasteiger partial charge in [0.05, 0.1) is 30.7 Å². The molecule has 278 valence electrons. The molecule has 3 fully saturated rings. The molecule has 1 saturated carbocycles. The topological polar surface area (TPSA) is 93.8 Å². The molecule has 2 N–H and O–H groups in total. The van der Waals surface area contributed by atoms with E-state index >= 15 is 13.2 Å². The second-order valence-electron chi connectivity index (χ2n) is 15.0. The number of hydrogen-bond acceptors (Lipinski definition) is 6. The van der Waals surface area contributed by atoms with Gasteiger partial charge >= 0.3 is 6.09 Å². The number of piperidine rings is 1. The molecule has 0 bridgehead atoms. The number of fused-ring (bicyclic) bond motifs is 1. The quantitative estimate of drug-likeness (QED) is 0.208. The largest absolute Gasteiger partial charge is 0.453 e. The summed E-state index contributed by atoms with van der Waals surface area (Å²) >= 11 is 0. The third-order valence-corrected chi connectivity index (χ3v) is 11.3. The molecule has 3 aromatic rings. The number of ether oxygens (including phenoxy) is 1. The van der Waals surface area contributed by atoms with Crippen LogP contribution in [0, 0.1) is 35.2 Å². The average molecular weight is 711 g/mol. The SMILES string of the molecule is CCCN(Cc1nc2cc([C@H]3CCCN3c3cc(F)c(N4CCC(C5CCCCC5)CC4)c(F)c3)c(F)cc2[nH]1)C(=O)C(NC(=O)OC)C(C)C.